The zero-order valence-electron chi connectivity index (χ0n) is 77.3. The van der Waals surface area contributed by atoms with Gasteiger partial charge in [-0.1, -0.05) is 510 Å². The number of aromatic nitrogens is 9. The second kappa shape index (κ2) is 38.6. The minimum absolute atomic E-state index is 0.640. The van der Waals surface area contributed by atoms with Crippen LogP contribution in [0.3, 0.4) is 0 Å². The van der Waals surface area contributed by atoms with E-state index in [1.165, 1.54) is 93.2 Å². The monoisotopic (exact) mass is 1810 g/mol. The molecule has 0 unspecified atom stereocenters. The Hall–Kier alpha value is -19.1. The topological polar surface area (TPSA) is 116 Å². The summed E-state index contributed by atoms with van der Waals surface area (Å²) in [6.45, 7) is 0. The summed E-state index contributed by atoms with van der Waals surface area (Å²) in [7, 11) is 0. The van der Waals surface area contributed by atoms with Crippen molar-refractivity contribution < 1.29 is 0 Å². The molecule has 0 aliphatic rings. The maximum absolute atomic E-state index is 5.25. The molecule has 0 spiro atoms. The van der Waals surface area contributed by atoms with E-state index in [0.29, 0.717) is 52.4 Å². The van der Waals surface area contributed by atoms with E-state index in [2.05, 4.69) is 473 Å². The fourth-order valence-corrected chi connectivity index (χ4v) is 19.3. The lowest BCUT2D eigenvalue weighted by molar-refractivity contribution is 1.07. The average molecular weight is 1810 g/mol. The Labute approximate surface area is 822 Å². The molecule has 0 saturated heterocycles. The molecule has 0 saturated carbocycles. The summed E-state index contributed by atoms with van der Waals surface area (Å²) in [6.07, 6.45) is 0. The zero-order chi connectivity index (χ0) is 94.4. The Morgan fingerprint density at radius 2 is 0.275 bits per heavy atom. The lowest BCUT2D eigenvalue weighted by Crippen LogP contribution is -2.01. The summed E-state index contributed by atoms with van der Waals surface area (Å²) >= 11 is 0. The van der Waals surface area contributed by atoms with Crippen LogP contribution in [0.5, 0.6) is 0 Å². The van der Waals surface area contributed by atoms with E-state index in [1.54, 1.807) is 0 Å². The Bertz CT molecular complexity index is 9120. The van der Waals surface area contributed by atoms with Crippen LogP contribution in [-0.4, -0.2) is 44.9 Å². The fourth-order valence-electron chi connectivity index (χ4n) is 19.3. The lowest BCUT2D eigenvalue weighted by atomic mass is 9.95. The summed E-state index contributed by atoms with van der Waals surface area (Å²) in [5.74, 6) is 5.84. The Kier molecular flexibility index (Phi) is 23.3. The summed E-state index contributed by atoms with van der Waals surface area (Å²) in [5.41, 5.74) is 25.1. The largest absolute Gasteiger partial charge is 0.208 e. The molecular weight excluding hydrogens is 1720 g/mol. The molecule has 0 atom stereocenters. The predicted molar refractivity (Wildman–Crippen MR) is 589 cm³/mol. The van der Waals surface area contributed by atoms with Gasteiger partial charge < -0.3 is 0 Å². The quantitative estimate of drug-likeness (QED) is 0.0872. The molecule has 26 aromatic rings. The van der Waals surface area contributed by atoms with Crippen molar-refractivity contribution in [2.75, 3.05) is 0 Å². The highest BCUT2D eigenvalue weighted by Crippen LogP contribution is 2.42. The predicted octanol–water partition coefficient (Wildman–Crippen LogP) is 34.4. The number of nitrogens with zero attached hydrogens (tertiary/aromatic N) is 9. The first kappa shape index (κ1) is 85.8. The number of rotatable bonds is 16. The van der Waals surface area contributed by atoms with Crippen LogP contribution in [0, 0.1) is 0 Å². The van der Waals surface area contributed by atoms with Gasteiger partial charge in [-0.3, -0.25) is 0 Å². The lowest BCUT2D eigenvalue weighted by Gasteiger charge is -2.14. The molecule has 0 amide bonds. The van der Waals surface area contributed by atoms with Crippen LogP contribution in [0.2, 0.25) is 0 Å². The van der Waals surface area contributed by atoms with Crippen LogP contribution >= 0.6 is 0 Å². The average Bonchev–Trinajstić information content (AvgIpc) is 0.749. The van der Waals surface area contributed by atoms with Gasteiger partial charge in [0.2, 0.25) is 0 Å². The summed E-state index contributed by atoms with van der Waals surface area (Å²) in [4.78, 5) is 45.6. The Morgan fingerprint density at radius 1 is 0.0845 bits per heavy atom. The van der Waals surface area contributed by atoms with Gasteiger partial charge >= 0.3 is 0 Å². The van der Waals surface area contributed by atoms with Gasteiger partial charge in [-0.15, -0.1) is 0 Å². The van der Waals surface area contributed by atoms with Crippen molar-refractivity contribution in [3.63, 3.8) is 0 Å². The second-order valence-corrected chi connectivity index (χ2v) is 35.4. The fraction of sp³-hybridized carbons (Fsp3) is 0. The van der Waals surface area contributed by atoms with Gasteiger partial charge in [0.05, 0.1) is 0 Å². The third-order valence-corrected chi connectivity index (χ3v) is 26.6. The van der Waals surface area contributed by atoms with Gasteiger partial charge in [0.15, 0.2) is 52.4 Å². The van der Waals surface area contributed by atoms with E-state index in [-0.39, 0.29) is 0 Å². The van der Waals surface area contributed by atoms with Crippen LogP contribution in [0.4, 0.5) is 0 Å². The molecule has 0 bridgehead atoms. The molecule has 664 valence electrons. The van der Waals surface area contributed by atoms with E-state index < -0.39 is 0 Å². The van der Waals surface area contributed by atoms with Gasteiger partial charge in [0.1, 0.15) is 0 Å². The van der Waals surface area contributed by atoms with Crippen molar-refractivity contribution >= 4 is 75.4 Å². The van der Waals surface area contributed by atoms with Crippen molar-refractivity contribution in [1.82, 2.24) is 44.9 Å². The van der Waals surface area contributed by atoms with E-state index in [9.17, 15) is 0 Å². The van der Waals surface area contributed by atoms with Crippen LogP contribution in [-0.2, 0) is 0 Å². The summed E-state index contributed by atoms with van der Waals surface area (Å²) in [6, 6.07) is 185. The first-order chi connectivity index (χ1) is 70.3. The Balaban J connectivity index is 0.000000115. The number of fused-ring (bicyclic) bond motifs is 10. The molecule has 23 aromatic carbocycles. The van der Waals surface area contributed by atoms with Gasteiger partial charge in [0.25, 0.3) is 0 Å². The minimum Gasteiger partial charge on any atom is -0.208 e. The molecule has 3 aromatic heterocycles. The van der Waals surface area contributed by atoms with Gasteiger partial charge in [0, 0.05) is 50.1 Å². The summed E-state index contributed by atoms with van der Waals surface area (Å²) < 4.78 is 0. The molecule has 0 aliphatic heterocycles. The molecule has 26 rings (SSSR count). The third kappa shape index (κ3) is 17.8. The van der Waals surface area contributed by atoms with Crippen molar-refractivity contribution in [3.05, 3.63) is 528 Å². The Morgan fingerprint density at radius 3 is 0.627 bits per heavy atom. The maximum Gasteiger partial charge on any atom is 0.164 e. The van der Waals surface area contributed by atoms with Crippen molar-refractivity contribution in [1.29, 1.82) is 0 Å². The van der Waals surface area contributed by atoms with E-state index in [4.69, 9.17) is 44.9 Å². The van der Waals surface area contributed by atoms with Crippen LogP contribution in [0.1, 0.15) is 0 Å². The highest BCUT2D eigenvalue weighted by molar-refractivity contribution is 6.14. The normalized spacial score (nSPS) is 11.2. The summed E-state index contributed by atoms with van der Waals surface area (Å²) in [5, 5.41) is 16.6. The van der Waals surface area contributed by atoms with Gasteiger partial charge in [-0.05, 0) is 171 Å². The molecule has 3 heterocycles. The SMILES string of the molecule is c1ccc(-c2ccc(-c3ccc(-c4nc(-c5ccc(-c6ccccc6)cc5)nc(-c5ccc6c(ccc7ccccc76)c5)n4)cc3)cc2)cc1.c1ccc(-c2ccc(-c3ccc(-c4nc(-c5ccccc5)nc(-c5ccc6c(ccc7ccccc76)c5)n4)cc3)cc2)cc1.c1ccc(-c2ccc(-c3nc(-c4cccc5c(-c6ccccc6)cccc45)nc(-c4cc5ccccc5c5ccccc45)n3)cc2)cc1. The number of hydrogen-bond donors (Lipinski definition) is 0. The van der Waals surface area contributed by atoms with E-state index in [1.807, 2.05) is 54.6 Å². The van der Waals surface area contributed by atoms with Crippen LogP contribution in [0.15, 0.2) is 528 Å². The highest BCUT2D eigenvalue weighted by Gasteiger charge is 2.22. The second-order valence-electron chi connectivity index (χ2n) is 35.4. The first-order valence-electron chi connectivity index (χ1n) is 47.8. The van der Waals surface area contributed by atoms with E-state index in [0.717, 1.165) is 110 Å². The molecule has 0 radical (unpaired) electrons. The third-order valence-electron chi connectivity index (χ3n) is 26.6. The molecule has 9 nitrogen and oxygen atoms in total. The van der Waals surface area contributed by atoms with Crippen molar-refractivity contribution in [3.8, 4) is 180 Å². The van der Waals surface area contributed by atoms with E-state index >= 15 is 0 Å². The van der Waals surface area contributed by atoms with Crippen LogP contribution < -0.4 is 0 Å². The zero-order valence-corrected chi connectivity index (χ0v) is 77.3. The number of benzene rings is 23. The highest BCUT2D eigenvalue weighted by atomic mass is 15.1. The smallest absolute Gasteiger partial charge is 0.164 e. The van der Waals surface area contributed by atoms with Gasteiger partial charge in [-0.2, -0.15) is 0 Å². The molecule has 0 fully saturated rings. The molecule has 0 aliphatic carbocycles. The van der Waals surface area contributed by atoms with Gasteiger partial charge in [-0.25, -0.2) is 44.9 Å². The number of hydrogen-bond acceptors (Lipinski definition) is 9. The van der Waals surface area contributed by atoms with Crippen molar-refractivity contribution in [2.45, 2.75) is 0 Å². The van der Waals surface area contributed by atoms with Crippen molar-refractivity contribution in [2.24, 2.45) is 0 Å². The maximum atomic E-state index is 5.25. The molecule has 142 heavy (non-hydrogen) atoms. The molecule has 9 heteroatoms. The molecular formula is C133H87N9. The first-order valence-corrected chi connectivity index (χ1v) is 47.8. The molecule has 0 N–H and O–H groups in total. The minimum atomic E-state index is 0.640. The standard InChI is InChI=1S/C47H31N3.C45H29N3.C41H27N3/c1-3-9-32(10-4-1)34-15-17-36(18-16-34)37-21-26-40(27-22-37)46-48-45(39-24-19-35(20-25-39)33-11-5-2-6-12-33)49-47(50-46)42-29-30-44-41(31-42)28-23-38-13-7-8-14-43(38)44;1-3-13-30(14-4-1)31-25-27-33(28-26-31)43-46-44(41-24-12-22-38-35(21-11-23-39(38)41)32-15-5-2-6-16-32)48-45(47-43)42-29-34-17-7-8-18-36(34)37-19-9-10-20-40(37)42;1-3-9-28(10-4-1)29-15-17-30(18-16-29)31-19-22-34(23-20-31)40-42-39(33-12-5-2-6-13-33)43-41(44-40)36-25-26-38-35(27-36)24-21-32-11-7-8-14-37(32)38/h1-31H;1-29H;1-27H. The van der Waals surface area contributed by atoms with Crippen LogP contribution in [0.25, 0.3) is 256 Å².